The van der Waals surface area contributed by atoms with Gasteiger partial charge in [0.2, 0.25) is 0 Å². The van der Waals surface area contributed by atoms with Crippen LogP contribution in [0.2, 0.25) is 0 Å². The molecular weight excluding hydrogens is 176 g/mol. The van der Waals surface area contributed by atoms with Gasteiger partial charge in [-0.3, -0.25) is 9.59 Å². The molecule has 0 heterocycles. The first-order valence-electron chi connectivity index (χ1n) is 4.09. The Balaban J connectivity index is 3.47. The zero-order valence-electron chi connectivity index (χ0n) is 7.69. The van der Waals surface area contributed by atoms with Crippen LogP contribution >= 0.6 is 0 Å². The second kappa shape index (κ2) is 4.33. The van der Waals surface area contributed by atoms with Gasteiger partial charge in [0.1, 0.15) is 6.29 Å². The van der Waals surface area contributed by atoms with Crippen LogP contribution < -0.4 is 0 Å². The summed E-state index contributed by atoms with van der Waals surface area (Å²) in [5.41, 5.74) is 2.06. The maximum absolute atomic E-state index is 10.7. The van der Waals surface area contributed by atoms with Crippen LogP contribution in [-0.2, 0) is 4.79 Å². The van der Waals surface area contributed by atoms with Gasteiger partial charge in [0.15, 0.2) is 6.29 Å². The lowest BCUT2D eigenvalue weighted by atomic mass is 9.96. The molecule has 14 heavy (non-hydrogen) atoms. The number of carbonyl (C=O) groups excluding carboxylic acids is 2. The number of aldehydes is 2. The molecule has 0 aliphatic carbocycles. The van der Waals surface area contributed by atoms with Gasteiger partial charge in [-0.15, -0.1) is 0 Å². The molecule has 1 aromatic rings. The third-order valence-corrected chi connectivity index (χ3v) is 1.94. The van der Waals surface area contributed by atoms with Crippen LogP contribution in [0.4, 0.5) is 0 Å². The quantitative estimate of drug-likeness (QED) is 0.534. The van der Waals surface area contributed by atoms with E-state index in [0.717, 1.165) is 5.56 Å². The number of hydrogen-bond donors (Lipinski definition) is 0. The van der Waals surface area contributed by atoms with Crippen molar-refractivity contribution in [3.63, 3.8) is 0 Å². The second-order valence-corrected chi connectivity index (χ2v) is 2.78. The third-order valence-electron chi connectivity index (χ3n) is 1.94. The van der Waals surface area contributed by atoms with Gasteiger partial charge in [0, 0.05) is 16.7 Å². The summed E-state index contributed by atoms with van der Waals surface area (Å²) in [5.74, 6) is 0. The van der Waals surface area contributed by atoms with E-state index in [0.29, 0.717) is 29.3 Å². The summed E-state index contributed by atoms with van der Waals surface area (Å²) in [5, 5.41) is 0. The molecule has 0 radical (unpaired) electrons. The standard InChI is InChI=1S/C12H10O2/c1-3-10-5-4-6-11(8-14)12(10)9(2)7-13/h3-8H,1-2H2. The van der Waals surface area contributed by atoms with Crippen LogP contribution in [-0.4, -0.2) is 12.6 Å². The normalized spacial score (nSPS) is 9.14. The van der Waals surface area contributed by atoms with Gasteiger partial charge in [-0.1, -0.05) is 37.4 Å². The molecule has 0 spiro atoms. The molecule has 1 aromatic carbocycles. The van der Waals surface area contributed by atoms with Crippen molar-refractivity contribution in [2.45, 2.75) is 0 Å². The van der Waals surface area contributed by atoms with Crippen molar-refractivity contribution in [3.05, 3.63) is 48.0 Å². The lowest BCUT2D eigenvalue weighted by Crippen LogP contribution is -1.95. The van der Waals surface area contributed by atoms with Gasteiger partial charge >= 0.3 is 0 Å². The first-order chi connectivity index (χ1) is 6.74. The van der Waals surface area contributed by atoms with Gasteiger partial charge in [0.05, 0.1) is 0 Å². The highest BCUT2D eigenvalue weighted by Crippen LogP contribution is 2.21. The van der Waals surface area contributed by atoms with E-state index in [1.54, 1.807) is 24.3 Å². The summed E-state index contributed by atoms with van der Waals surface area (Å²) in [6, 6.07) is 5.16. The van der Waals surface area contributed by atoms with Crippen molar-refractivity contribution in [1.82, 2.24) is 0 Å². The number of hydrogen-bond acceptors (Lipinski definition) is 2. The van der Waals surface area contributed by atoms with Crippen molar-refractivity contribution in [3.8, 4) is 0 Å². The molecule has 0 N–H and O–H groups in total. The molecule has 0 aromatic heterocycles. The monoisotopic (exact) mass is 186 g/mol. The molecule has 70 valence electrons. The summed E-state index contributed by atoms with van der Waals surface area (Å²) < 4.78 is 0. The van der Waals surface area contributed by atoms with Gasteiger partial charge in [0.25, 0.3) is 0 Å². The van der Waals surface area contributed by atoms with Crippen molar-refractivity contribution < 1.29 is 9.59 Å². The van der Waals surface area contributed by atoms with E-state index in [-0.39, 0.29) is 0 Å². The fraction of sp³-hybridized carbons (Fsp3) is 0. The summed E-state index contributed by atoms with van der Waals surface area (Å²) in [6.07, 6.45) is 2.93. The molecule has 0 atom stereocenters. The molecule has 2 nitrogen and oxygen atoms in total. The number of allylic oxidation sites excluding steroid dienone is 1. The van der Waals surface area contributed by atoms with Gasteiger partial charge in [-0.25, -0.2) is 0 Å². The number of benzene rings is 1. The fourth-order valence-corrected chi connectivity index (χ4v) is 1.29. The molecule has 0 bridgehead atoms. The topological polar surface area (TPSA) is 34.1 Å². The molecule has 2 heteroatoms. The van der Waals surface area contributed by atoms with Gasteiger partial charge in [-0.2, -0.15) is 0 Å². The molecule has 0 amide bonds. The van der Waals surface area contributed by atoms with Crippen LogP contribution in [0.3, 0.4) is 0 Å². The minimum atomic E-state index is 0.294. The highest BCUT2D eigenvalue weighted by molar-refractivity contribution is 6.10. The molecular formula is C12H10O2. The second-order valence-electron chi connectivity index (χ2n) is 2.78. The Labute approximate surface area is 82.6 Å². The van der Waals surface area contributed by atoms with Gasteiger partial charge in [-0.05, 0) is 5.56 Å². The summed E-state index contributed by atoms with van der Waals surface area (Å²) in [4.78, 5) is 21.3. The van der Waals surface area contributed by atoms with E-state index >= 15 is 0 Å². The minimum absolute atomic E-state index is 0.294. The smallest absolute Gasteiger partial charge is 0.150 e. The number of rotatable bonds is 4. The summed E-state index contributed by atoms with van der Waals surface area (Å²) in [6.45, 7) is 7.20. The van der Waals surface area contributed by atoms with E-state index in [1.165, 1.54) is 0 Å². The molecule has 0 saturated heterocycles. The highest BCUT2D eigenvalue weighted by atomic mass is 16.1. The maximum atomic E-state index is 10.7. The summed E-state index contributed by atoms with van der Waals surface area (Å²) in [7, 11) is 0. The zero-order valence-corrected chi connectivity index (χ0v) is 7.69. The average Bonchev–Trinajstić information content (AvgIpc) is 2.26. The minimum Gasteiger partial charge on any atom is -0.298 e. The first kappa shape index (κ1) is 10.1. The Bertz CT molecular complexity index is 377. The lowest BCUT2D eigenvalue weighted by Gasteiger charge is -2.06. The average molecular weight is 186 g/mol. The predicted molar refractivity (Wildman–Crippen MR) is 57.0 cm³/mol. The number of carbonyl (C=O) groups is 2. The van der Waals surface area contributed by atoms with Gasteiger partial charge < -0.3 is 0 Å². The SMILES string of the molecule is C=Cc1cccc(C=O)c1C(=C)C=O. The van der Waals surface area contributed by atoms with E-state index in [9.17, 15) is 9.59 Å². The van der Waals surface area contributed by atoms with Crippen LogP contribution in [0.1, 0.15) is 21.5 Å². The Morgan fingerprint density at radius 2 is 1.86 bits per heavy atom. The molecule has 0 aliphatic heterocycles. The maximum Gasteiger partial charge on any atom is 0.150 e. The van der Waals surface area contributed by atoms with E-state index in [4.69, 9.17) is 0 Å². The summed E-state index contributed by atoms with van der Waals surface area (Å²) >= 11 is 0. The Morgan fingerprint density at radius 1 is 1.21 bits per heavy atom. The van der Waals surface area contributed by atoms with Crippen molar-refractivity contribution >= 4 is 24.2 Å². The Hall–Kier alpha value is -1.96. The van der Waals surface area contributed by atoms with Crippen molar-refractivity contribution in [1.29, 1.82) is 0 Å². The zero-order chi connectivity index (χ0) is 10.6. The third kappa shape index (κ3) is 1.69. The van der Waals surface area contributed by atoms with Crippen LogP contribution in [0.25, 0.3) is 11.6 Å². The fourth-order valence-electron chi connectivity index (χ4n) is 1.29. The Morgan fingerprint density at radius 3 is 2.36 bits per heavy atom. The van der Waals surface area contributed by atoms with E-state index < -0.39 is 0 Å². The molecule has 0 unspecified atom stereocenters. The Kier molecular flexibility index (Phi) is 3.13. The largest absolute Gasteiger partial charge is 0.298 e. The van der Waals surface area contributed by atoms with Crippen LogP contribution in [0, 0.1) is 0 Å². The molecule has 0 fully saturated rings. The van der Waals surface area contributed by atoms with E-state index in [2.05, 4.69) is 13.2 Å². The molecule has 0 saturated carbocycles. The van der Waals surface area contributed by atoms with Crippen LogP contribution in [0.15, 0.2) is 31.4 Å². The van der Waals surface area contributed by atoms with Crippen molar-refractivity contribution in [2.75, 3.05) is 0 Å². The predicted octanol–water partition coefficient (Wildman–Crippen LogP) is 2.35. The molecule has 1 rings (SSSR count). The first-order valence-corrected chi connectivity index (χ1v) is 4.09. The lowest BCUT2D eigenvalue weighted by molar-refractivity contribution is -0.103. The van der Waals surface area contributed by atoms with Crippen molar-refractivity contribution in [2.24, 2.45) is 0 Å². The van der Waals surface area contributed by atoms with E-state index in [1.807, 2.05) is 0 Å². The highest BCUT2D eigenvalue weighted by Gasteiger charge is 2.08. The van der Waals surface area contributed by atoms with Crippen LogP contribution in [0.5, 0.6) is 0 Å². The molecule has 0 aliphatic rings.